The molecule has 1 saturated heterocycles. The standard InChI is InChI=1S/C11H19NO8/c12-5(11(18)19)1-4(10(16)17)2-7-9(15)8(14)6(13)3-20-7/h4-9,13-15H,1-3,12H2,(H,16,17)(H,18,19)/t4-,5+,6?,7?,8?,9?/m1/s1. The molecule has 0 aromatic rings. The molecule has 0 saturated carbocycles. The van der Waals surface area contributed by atoms with E-state index in [1.807, 2.05) is 0 Å². The summed E-state index contributed by atoms with van der Waals surface area (Å²) in [5, 5.41) is 46.2. The molecule has 1 heterocycles. The van der Waals surface area contributed by atoms with E-state index >= 15 is 0 Å². The molecule has 9 nitrogen and oxygen atoms in total. The monoisotopic (exact) mass is 293 g/mol. The molecular formula is C11H19NO8. The first kappa shape index (κ1) is 16.8. The fraction of sp³-hybridized carbons (Fsp3) is 0.818. The number of aliphatic hydroxyl groups is 3. The summed E-state index contributed by atoms with van der Waals surface area (Å²) in [5.74, 6) is -3.72. The van der Waals surface area contributed by atoms with Crippen LogP contribution in [0.2, 0.25) is 0 Å². The Labute approximate surface area is 114 Å². The predicted octanol–water partition coefficient (Wildman–Crippen LogP) is -2.64. The zero-order chi connectivity index (χ0) is 15.4. The van der Waals surface area contributed by atoms with Gasteiger partial charge in [-0.3, -0.25) is 9.59 Å². The second-order valence-corrected chi connectivity index (χ2v) is 4.87. The molecule has 116 valence electrons. The maximum atomic E-state index is 11.1. The van der Waals surface area contributed by atoms with Gasteiger partial charge in [0.05, 0.1) is 18.6 Å². The van der Waals surface area contributed by atoms with Crippen LogP contribution in [0, 0.1) is 5.92 Å². The normalized spacial score (nSPS) is 33.4. The summed E-state index contributed by atoms with van der Waals surface area (Å²) in [4.78, 5) is 21.7. The Morgan fingerprint density at radius 3 is 2.25 bits per heavy atom. The SMILES string of the molecule is N[C@@H](C[C@H](CC1OCC(O)C(O)C1O)C(=O)O)C(=O)O. The highest BCUT2D eigenvalue weighted by molar-refractivity contribution is 5.75. The van der Waals surface area contributed by atoms with Crippen molar-refractivity contribution >= 4 is 11.9 Å². The Hall–Kier alpha value is -1.26. The Morgan fingerprint density at radius 2 is 1.75 bits per heavy atom. The topological polar surface area (TPSA) is 171 Å². The molecule has 1 aliphatic rings. The van der Waals surface area contributed by atoms with Gasteiger partial charge in [-0.2, -0.15) is 0 Å². The van der Waals surface area contributed by atoms with E-state index in [1.54, 1.807) is 0 Å². The van der Waals surface area contributed by atoms with Crippen LogP contribution in [0.15, 0.2) is 0 Å². The van der Waals surface area contributed by atoms with Crippen LogP contribution in [-0.4, -0.2) is 74.5 Å². The fourth-order valence-electron chi connectivity index (χ4n) is 2.06. The van der Waals surface area contributed by atoms with E-state index in [0.717, 1.165) is 0 Å². The van der Waals surface area contributed by atoms with Gasteiger partial charge in [0, 0.05) is 0 Å². The average molecular weight is 293 g/mol. The van der Waals surface area contributed by atoms with Gasteiger partial charge in [0.15, 0.2) is 0 Å². The van der Waals surface area contributed by atoms with Gasteiger partial charge < -0.3 is 36.0 Å². The van der Waals surface area contributed by atoms with Crippen LogP contribution < -0.4 is 5.73 Å². The van der Waals surface area contributed by atoms with Gasteiger partial charge in [0.25, 0.3) is 0 Å². The Bertz CT molecular complexity index is 362. The minimum atomic E-state index is -1.44. The van der Waals surface area contributed by atoms with Crippen molar-refractivity contribution in [2.24, 2.45) is 11.7 Å². The van der Waals surface area contributed by atoms with Gasteiger partial charge >= 0.3 is 11.9 Å². The van der Waals surface area contributed by atoms with E-state index in [4.69, 9.17) is 20.7 Å². The Balaban J connectivity index is 2.66. The van der Waals surface area contributed by atoms with Crippen molar-refractivity contribution < 1.29 is 39.9 Å². The zero-order valence-electron chi connectivity index (χ0n) is 10.6. The summed E-state index contributed by atoms with van der Waals surface area (Å²) in [7, 11) is 0. The van der Waals surface area contributed by atoms with E-state index in [0.29, 0.717) is 0 Å². The molecule has 0 bridgehead atoms. The van der Waals surface area contributed by atoms with E-state index in [9.17, 15) is 24.9 Å². The molecule has 20 heavy (non-hydrogen) atoms. The highest BCUT2D eigenvalue weighted by Crippen LogP contribution is 2.24. The van der Waals surface area contributed by atoms with Crippen LogP contribution in [0.1, 0.15) is 12.8 Å². The number of ether oxygens (including phenoxy) is 1. The minimum absolute atomic E-state index is 0.207. The molecule has 1 fully saturated rings. The van der Waals surface area contributed by atoms with Crippen molar-refractivity contribution in [2.45, 2.75) is 43.3 Å². The van der Waals surface area contributed by atoms with Crippen LogP contribution >= 0.6 is 0 Å². The highest BCUT2D eigenvalue weighted by atomic mass is 16.5. The predicted molar refractivity (Wildman–Crippen MR) is 63.7 cm³/mol. The summed E-state index contributed by atoms with van der Waals surface area (Å²) in [5.41, 5.74) is 5.29. The number of carboxylic acid groups (broad SMARTS) is 2. The molecule has 9 heteroatoms. The van der Waals surface area contributed by atoms with Gasteiger partial charge in [-0.1, -0.05) is 0 Å². The molecule has 4 unspecified atom stereocenters. The van der Waals surface area contributed by atoms with Crippen molar-refractivity contribution in [2.75, 3.05) is 6.61 Å². The maximum absolute atomic E-state index is 11.1. The van der Waals surface area contributed by atoms with Crippen molar-refractivity contribution in [3.63, 3.8) is 0 Å². The molecule has 0 amide bonds. The van der Waals surface area contributed by atoms with Crippen LogP contribution in [-0.2, 0) is 14.3 Å². The number of hydrogen-bond acceptors (Lipinski definition) is 7. The van der Waals surface area contributed by atoms with Crippen LogP contribution in [0.5, 0.6) is 0 Å². The van der Waals surface area contributed by atoms with Gasteiger partial charge in [-0.05, 0) is 12.8 Å². The first-order valence-electron chi connectivity index (χ1n) is 6.11. The number of hydrogen-bond donors (Lipinski definition) is 6. The van der Waals surface area contributed by atoms with Crippen LogP contribution in [0.4, 0.5) is 0 Å². The van der Waals surface area contributed by atoms with Crippen molar-refractivity contribution in [1.29, 1.82) is 0 Å². The molecule has 6 atom stereocenters. The summed E-state index contributed by atoms with van der Waals surface area (Å²) in [6, 6.07) is -1.34. The maximum Gasteiger partial charge on any atom is 0.320 e. The second kappa shape index (κ2) is 6.95. The van der Waals surface area contributed by atoms with Gasteiger partial charge in [-0.15, -0.1) is 0 Å². The minimum Gasteiger partial charge on any atom is -0.481 e. The summed E-state index contributed by atoms with van der Waals surface area (Å²) in [6.07, 6.45) is -5.66. The lowest BCUT2D eigenvalue weighted by Gasteiger charge is -2.36. The van der Waals surface area contributed by atoms with Crippen molar-refractivity contribution in [3.8, 4) is 0 Å². The summed E-state index contributed by atoms with van der Waals surface area (Å²) >= 11 is 0. The van der Waals surface area contributed by atoms with Gasteiger partial charge in [0.2, 0.25) is 0 Å². The number of carboxylic acids is 2. The number of carbonyl (C=O) groups is 2. The van der Waals surface area contributed by atoms with Crippen LogP contribution in [0.25, 0.3) is 0 Å². The highest BCUT2D eigenvalue weighted by Gasteiger charge is 2.40. The number of aliphatic carboxylic acids is 2. The molecule has 0 radical (unpaired) electrons. The molecule has 0 aliphatic carbocycles. The molecular weight excluding hydrogens is 274 g/mol. The lowest BCUT2D eigenvalue weighted by atomic mass is 9.89. The lowest BCUT2D eigenvalue weighted by Crippen LogP contribution is -2.53. The number of aliphatic hydroxyl groups excluding tert-OH is 3. The van der Waals surface area contributed by atoms with E-state index in [-0.39, 0.29) is 19.4 Å². The molecule has 0 aromatic carbocycles. The number of rotatable bonds is 6. The summed E-state index contributed by atoms with van der Waals surface area (Å²) in [6.45, 7) is -0.236. The van der Waals surface area contributed by atoms with Crippen molar-refractivity contribution in [3.05, 3.63) is 0 Å². The molecule has 1 aliphatic heterocycles. The van der Waals surface area contributed by atoms with E-state index in [2.05, 4.69) is 0 Å². The van der Waals surface area contributed by atoms with Crippen LogP contribution in [0.3, 0.4) is 0 Å². The molecule has 1 rings (SSSR count). The smallest absolute Gasteiger partial charge is 0.320 e. The average Bonchev–Trinajstić information content (AvgIpc) is 2.37. The third-order valence-corrected chi connectivity index (χ3v) is 3.33. The second-order valence-electron chi connectivity index (χ2n) is 4.87. The third-order valence-electron chi connectivity index (χ3n) is 3.33. The Kier molecular flexibility index (Phi) is 5.84. The molecule has 0 spiro atoms. The van der Waals surface area contributed by atoms with Gasteiger partial charge in [0.1, 0.15) is 24.4 Å². The van der Waals surface area contributed by atoms with E-state index < -0.39 is 48.3 Å². The third kappa shape index (κ3) is 4.12. The van der Waals surface area contributed by atoms with Crippen molar-refractivity contribution in [1.82, 2.24) is 0 Å². The first-order chi connectivity index (χ1) is 9.23. The fourth-order valence-corrected chi connectivity index (χ4v) is 2.06. The van der Waals surface area contributed by atoms with E-state index in [1.165, 1.54) is 0 Å². The zero-order valence-corrected chi connectivity index (χ0v) is 10.6. The van der Waals surface area contributed by atoms with Gasteiger partial charge in [-0.25, -0.2) is 0 Å². The lowest BCUT2D eigenvalue weighted by molar-refractivity contribution is -0.192. The summed E-state index contributed by atoms with van der Waals surface area (Å²) < 4.78 is 5.08. The molecule has 7 N–H and O–H groups in total. The first-order valence-corrected chi connectivity index (χ1v) is 6.11. The largest absolute Gasteiger partial charge is 0.481 e. The quantitative estimate of drug-likeness (QED) is 0.306. The number of nitrogens with two attached hydrogens (primary N) is 1. The Morgan fingerprint density at radius 1 is 1.15 bits per heavy atom. The molecule has 0 aromatic heterocycles.